The summed E-state index contributed by atoms with van der Waals surface area (Å²) in [6, 6.07) is 2.10. The van der Waals surface area contributed by atoms with Crippen LogP contribution in [-0.4, -0.2) is 37.7 Å². The van der Waals surface area contributed by atoms with Crippen LogP contribution in [0.1, 0.15) is 43.7 Å². The van der Waals surface area contributed by atoms with Gasteiger partial charge in [0.2, 0.25) is 10.0 Å². The van der Waals surface area contributed by atoms with E-state index in [1.165, 1.54) is 0 Å². The van der Waals surface area contributed by atoms with Crippen LogP contribution in [0.3, 0.4) is 0 Å². The Morgan fingerprint density at radius 2 is 2.25 bits per heavy atom. The molecule has 20 heavy (non-hydrogen) atoms. The van der Waals surface area contributed by atoms with Crippen molar-refractivity contribution in [1.29, 1.82) is 0 Å². The third-order valence-electron chi connectivity index (χ3n) is 4.21. The van der Waals surface area contributed by atoms with Crippen molar-refractivity contribution in [1.82, 2.24) is 4.31 Å². The third-order valence-corrected chi connectivity index (χ3v) is 6.82. The van der Waals surface area contributed by atoms with E-state index in [2.05, 4.69) is 5.38 Å². The molecule has 2 aliphatic heterocycles. The smallest absolute Gasteiger partial charge is 0.214 e. The molecule has 0 aromatic carbocycles. The van der Waals surface area contributed by atoms with Crippen LogP contribution in [0.25, 0.3) is 0 Å². The molecule has 0 unspecified atom stereocenters. The van der Waals surface area contributed by atoms with Gasteiger partial charge in [-0.05, 0) is 54.5 Å². The molecule has 0 bridgehead atoms. The van der Waals surface area contributed by atoms with Crippen LogP contribution in [0.15, 0.2) is 16.8 Å². The summed E-state index contributed by atoms with van der Waals surface area (Å²) >= 11 is 1.63. The van der Waals surface area contributed by atoms with Crippen LogP contribution in [0.5, 0.6) is 0 Å². The maximum Gasteiger partial charge on any atom is 0.214 e. The van der Waals surface area contributed by atoms with Gasteiger partial charge in [-0.15, -0.1) is 0 Å². The van der Waals surface area contributed by atoms with Gasteiger partial charge in [-0.25, -0.2) is 8.42 Å². The van der Waals surface area contributed by atoms with Gasteiger partial charge in [0.1, 0.15) is 0 Å². The highest BCUT2D eigenvalue weighted by Gasteiger charge is 2.35. The quantitative estimate of drug-likeness (QED) is 0.839. The van der Waals surface area contributed by atoms with Crippen molar-refractivity contribution in [2.75, 3.05) is 18.9 Å². The zero-order valence-electron chi connectivity index (χ0n) is 11.5. The average Bonchev–Trinajstić information content (AvgIpc) is 3.16. The summed E-state index contributed by atoms with van der Waals surface area (Å²) in [5.41, 5.74) is 1.15. The molecule has 2 aliphatic rings. The Labute approximate surface area is 124 Å². The van der Waals surface area contributed by atoms with Gasteiger partial charge in [0.05, 0.1) is 17.9 Å². The van der Waals surface area contributed by atoms with Gasteiger partial charge in [0, 0.05) is 13.2 Å². The first kappa shape index (κ1) is 14.5. The number of ether oxygens (including phenoxy) is 1. The second-order valence-electron chi connectivity index (χ2n) is 5.57. The topological polar surface area (TPSA) is 46.6 Å². The number of rotatable bonds is 5. The van der Waals surface area contributed by atoms with Crippen molar-refractivity contribution in [2.24, 2.45) is 0 Å². The van der Waals surface area contributed by atoms with E-state index in [1.807, 2.05) is 11.4 Å². The Morgan fingerprint density at radius 3 is 2.95 bits per heavy atom. The van der Waals surface area contributed by atoms with Gasteiger partial charge < -0.3 is 4.74 Å². The second kappa shape index (κ2) is 6.13. The number of nitrogens with zero attached hydrogens (tertiary/aromatic N) is 1. The normalized spacial score (nSPS) is 28.2. The van der Waals surface area contributed by atoms with Crippen molar-refractivity contribution >= 4 is 21.4 Å². The van der Waals surface area contributed by atoms with Gasteiger partial charge in [-0.2, -0.15) is 15.6 Å². The minimum atomic E-state index is -3.16. The summed E-state index contributed by atoms with van der Waals surface area (Å²) in [7, 11) is -3.16. The Balaban J connectivity index is 1.66. The van der Waals surface area contributed by atoms with Crippen LogP contribution in [-0.2, 0) is 14.8 Å². The fraction of sp³-hybridized carbons (Fsp3) is 0.714. The maximum absolute atomic E-state index is 12.6. The standard InChI is InChI=1S/C14H21NO3S2/c16-20(17,10-6-13-3-2-8-18-13)15-7-1-4-14(15)12-5-9-19-11-12/h5,9,11,13-14H,1-4,6-8,10H2/t13-,14-/m1/s1. The summed E-state index contributed by atoms with van der Waals surface area (Å²) in [6.07, 6.45) is 4.74. The van der Waals surface area contributed by atoms with E-state index in [0.29, 0.717) is 13.0 Å². The molecule has 0 N–H and O–H groups in total. The molecule has 112 valence electrons. The summed E-state index contributed by atoms with van der Waals surface area (Å²) in [5.74, 6) is 0.221. The second-order valence-corrected chi connectivity index (χ2v) is 8.39. The van der Waals surface area contributed by atoms with Gasteiger partial charge in [-0.1, -0.05) is 0 Å². The van der Waals surface area contributed by atoms with E-state index in [0.717, 1.165) is 37.9 Å². The third kappa shape index (κ3) is 3.08. The SMILES string of the molecule is O=S(=O)(CC[C@H]1CCCO1)N1CCC[C@@H]1c1ccsc1. The van der Waals surface area contributed by atoms with Crippen LogP contribution >= 0.6 is 11.3 Å². The first-order valence-corrected chi connectivity index (χ1v) is 9.85. The van der Waals surface area contributed by atoms with E-state index in [9.17, 15) is 8.42 Å². The molecule has 0 spiro atoms. The van der Waals surface area contributed by atoms with Crippen molar-refractivity contribution in [3.63, 3.8) is 0 Å². The number of hydrogen-bond donors (Lipinski definition) is 0. The molecular formula is C14H21NO3S2. The minimum Gasteiger partial charge on any atom is -0.378 e. The summed E-state index contributed by atoms with van der Waals surface area (Å²) in [4.78, 5) is 0. The van der Waals surface area contributed by atoms with Crippen molar-refractivity contribution in [3.8, 4) is 0 Å². The molecule has 1 aromatic heterocycles. The molecule has 0 saturated carbocycles. The molecule has 4 nitrogen and oxygen atoms in total. The Morgan fingerprint density at radius 1 is 1.35 bits per heavy atom. The molecule has 0 radical (unpaired) electrons. The molecule has 3 rings (SSSR count). The lowest BCUT2D eigenvalue weighted by Gasteiger charge is -2.24. The van der Waals surface area contributed by atoms with Crippen molar-refractivity contribution < 1.29 is 13.2 Å². The first-order chi connectivity index (χ1) is 9.67. The highest BCUT2D eigenvalue weighted by molar-refractivity contribution is 7.89. The van der Waals surface area contributed by atoms with Crippen molar-refractivity contribution in [3.05, 3.63) is 22.4 Å². The zero-order valence-corrected chi connectivity index (χ0v) is 13.2. The predicted molar refractivity (Wildman–Crippen MR) is 80.4 cm³/mol. The fourth-order valence-electron chi connectivity index (χ4n) is 3.14. The molecule has 1 aromatic rings. The highest BCUT2D eigenvalue weighted by Crippen LogP contribution is 2.35. The van der Waals surface area contributed by atoms with Gasteiger partial charge in [0.25, 0.3) is 0 Å². The van der Waals surface area contributed by atoms with E-state index >= 15 is 0 Å². The lowest BCUT2D eigenvalue weighted by molar-refractivity contribution is 0.108. The minimum absolute atomic E-state index is 0.0516. The molecule has 3 heterocycles. The summed E-state index contributed by atoms with van der Waals surface area (Å²) in [5, 5.41) is 4.09. The Hall–Kier alpha value is -0.430. The fourth-order valence-corrected chi connectivity index (χ4v) is 5.66. The number of sulfonamides is 1. The lowest BCUT2D eigenvalue weighted by Crippen LogP contribution is -2.33. The van der Waals surface area contributed by atoms with Crippen LogP contribution in [0, 0.1) is 0 Å². The average molecular weight is 315 g/mol. The van der Waals surface area contributed by atoms with Crippen LogP contribution < -0.4 is 0 Å². The van der Waals surface area contributed by atoms with Crippen molar-refractivity contribution in [2.45, 2.75) is 44.2 Å². The van der Waals surface area contributed by atoms with Gasteiger partial charge in [0.15, 0.2) is 0 Å². The largest absolute Gasteiger partial charge is 0.378 e. The molecule has 0 amide bonds. The predicted octanol–water partition coefficient (Wildman–Crippen LogP) is 2.78. The Bertz CT molecular complexity index is 521. The molecule has 2 fully saturated rings. The zero-order chi connectivity index (χ0) is 14.0. The van der Waals surface area contributed by atoms with Crippen LogP contribution in [0.4, 0.5) is 0 Å². The highest BCUT2D eigenvalue weighted by atomic mass is 32.2. The lowest BCUT2D eigenvalue weighted by atomic mass is 10.1. The molecular weight excluding hydrogens is 294 g/mol. The molecule has 2 atom stereocenters. The molecule has 6 heteroatoms. The Kier molecular flexibility index (Phi) is 4.45. The van der Waals surface area contributed by atoms with E-state index in [1.54, 1.807) is 15.6 Å². The van der Waals surface area contributed by atoms with Gasteiger partial charge >= 0.3 is 0 Å². The van der Waals surface area contributed by atoms with Crippen LogP contribution in [0.2, 0.25) is 0 Å². The monoisotopic (exact) mass is 315 g/mol. The molecule has 2 saturated heterocycles. The number of hydrogen-bond acceptors (Lipinski definition) is 4. The summed E-state index contributed by atoms with van der Waals surface area (Å²) < 4.78 is 32.4. The van der Waals surface area contributed by atoms with E-state index in [4.69, 9.17) is 4.74 Å². The maximum atomic E-state index is 12.6. The first-order valence-electron chi connectivity index (χ1n) is 7.30. The van der Waals surface area contributed by atoms with E-state index in [-0.39, 0.29) is 17.9 Å². The van der Waals surface area contributed by atoms with E-state index < -0.39 is 10.0 Å². The summed E-state index contributed by atoms with van der Waals surface area (Å²) in [6.45, 7) is 1.44. The molecule has 0 aliphatic carbocycles. The number of thiophene rings is 1. The van der Waals surface area contributed by atoms with Gasteiger partial charge in [-0.3, -0.25) is 0 Å².